The van der Waals surface area contributed by atoms with E-state index in [1.807, 2.05) is 12.1 Å². The van der Waals surface area contributed by atoms with Crippen molar-refractivity contribution in [1.29, 1.82) is 0 Å². The highest BCUT2D eigenvalue weighted by molar-refractivity contribution is 6.31. The molecule has 1 amide bonds. The van der Waals surface area contributed by atoms with Crippen LogP contribution < -0.4 is 5.32 Å². The van der Waals surface area contributed by atoms with Gasteiger partial charge in [0, 0.05) is 16.1 Å². The number of esters is 1. The van der Waals surface area contributed by atoms with E-state index < -0.39 is 12.1 Å². The Morgan fingerprint density at radius 3 is 2.41 bits per heavy atom. The molecule has 5 heteroatoms. The molecule has 0 heterocycles. The van der Waals surface area contributed by atoms with Crippen molar-refractivity contribution >= 4 is 23.5 Å². The summed E-state index contributed by atoms with van der Waals surface area (Å²) in [4.78, 5) is 23.6. The van der Waals surface area contributed by atoms with E-state index in [2.05, 4.69) is 5.32 Å². The van der Waals surface area contributed by atoms with Crippen LogP contribution in [0.2, 0.25) is 5.02 Å². The van der Waals surface area contributed by atoms with E-state index in [0.29, 0.717) is 10.6 Å². The summed E-state index contributed by atoms with van der Waals surface area (Å²) < 4.78 is 5.27. The Morgan fingerprint density at radius 2 is 1.73 bits per heavy atom. The van der Waals surface area contributed by atoms with Gasteiger partial charge in [-0.15, -0.1) is 0 Å². The molecule has 2 aromatic carbocycles. The zero-order chi connectivity index (χ0) is 15.9. The fourth-order valence-electron chi connectivity index (χ4n) is 1.95. The summed E-state index contributed by atoms with van der Waals surface area (Å²) in [7, 11) is 0. The van der Waals surface area contributed by atoms with Crippen molar-refractivity contribution < 1.29 is 14.3 Å². The number of benzene rings is 2. The Labute approximate surface area is 134 Å². The van der Waals surface area contributed by atoms with Crippen LogP contribution in [0, 0.1) is 0 Å². The lowest BCUT2D eigenvalue weighted by Gasteiger charge is -2.15. The Bertz CT molecular complexity index is 658. The summed E-state index contributed by atoms with van der Waals surface area (Å²) in [6, 6.07) is 15.8. The van der Waals surface area contributed by atoms with E-state index in [1.54, 1.807) is 49.4 Å². The van der Waals surface area contributed by atoms with Gasteiger partial charge in [-0.1, -0.05) is 48.0 Å². The van der Waals surface area contributed by atoms with Crippen molar-refractivity contribution in [2.75, 3.05) is 6.54 Å². The van der Waals surface area contributed by atoms with Crippen LogP contribution in [-0.4, -0.2) is 18.4 Å². The van der Waals surface area contributed by atoms with Crippen LogP contribution in [-0.2, 0) is 9.53 Å². The first kappa shape index (κ1) is 16.0. The molecule has 1 N–H and O–H groups in total. The van der Waals surface area contributed by atoms with Crippen LogP contribution in [0.15, 0.2) is 54.6 Å². The largest absolute Gasteiger partial charge is 0.456 e. The molecular formula is C17H16ClNO3. The average Bonchev–Trinajstić information content (AvgIpc) is 2.53. The van der Waals surface area contributed by atoms with Crippen LogP contribution in [0.1, 0.15) is 28.9 Å². The third-order valence-corrected chi connectivity index (χ3v) is 3.42. The maximum atomic E-state index is 11.8. The molecular weight excluding hydrogens is 302 g/mol. The minimum Gasteiger partial charge on any atom is -0.456 e. The fraction of sp³-hybridized carbons (Fsp3) is 0.176. The SMILES string of the molecule is C[C@H](OC(=O)CNC(=O)c1ccccc1)c1ccccc1Cl. The quantitative estimate of drug-likeness (QED) is 0.860. The van der Waals surface area contributed by atoms with Gasteiger partial charge in [0.15, 0.2) is 0 Å². The van der Waals surface area contributed by atoms with E-state index in [9.17, 15) is 9.59 Å². The van der Waals surface area contributed by atoms with E-state index in [-0.39, 0.29) is 12.5 Å². The monoisotopic (exact) mass is 317 g/mol. The van der Waals surface area contributed by atoms with Crippen molar-refractivity contribution in [3.63, 3.8) is 0 Å². The predicted octanol–water partition coefficient (Wildman–Crippen LogP) is 3.37. The molecule has 0 fully saturated rings. The smallest absolute Gasteiger partial charge is 0.326 e. The van der Waals surface area contributed by atoms with Gasteiger partial charge in [-0.3, -0.25) is 9.59 Å². The van der Waals surface area contributed by atoms with Gasteiger partial charge in [0.2, 0.25) is 0 Å². The second-order valence-corrected chi connectivity index (χ2v) is 5.11. The Hall–Kier alpha value is -2.33. The second kappa shape index (κ2) is 7.61. The normalized spacial score (nSPS) is 11.5. The molecule has 0 radical (unpaired) electrons. The number of nitrogens with one attached hydrogen (secondary N) is 1. The van der Waals surface area contributed by atoms with Crippen molar-refractivity contribution in [3.8, 4) is 0 Å². The fourth-order valence-corrected chi connectivity index (χ4v) is 2.24. The third-order valence-electron chi connectivity index (χ3n) is 3.08. The summed E-state index contributed by atoms with van der Waals surface area (Å²) in [5.41, 5.74) is 1.22. The van der Waals surface area contributed by atoms with Gasteiger partial charge in [-0.25, -0.2) is 0 Å². The lowest BCUT2D eigenvalue weighted by Crippen LogP contribution is -2.31. The van der Waals surface area contributed by atoms with Crippen LogP contribution in [0.5, 0.6) is 0 Å². The topological polar surface area (TPSA) is 55.4 Å². The maximum Gasteiger partial charge on any atom is 0.326 e. The number of hydrogen-bond acceptors (Lipinski definition) is 3. The molecule has 2 rings (SSSR count). The first-order valence-electron chi connectivity index (χ1n) is 6.85. The van der Waals surface area contributed by atoms with E-state index in [1.165, 1.54) is 0 Å². The Morgan fingerprint density at radius 1 is 1.09 bits per heavy atom. The third kappa shape index (κ3) is 4.33. The standard InChI is InChI=1S/C17H16ClNO3/c1-12(14-9-5-6-10-15(14)18)22-16(20)11-19-17(21)13-7-3-2-4-8-13/h2-10,12H,11H2,1H3,(H,19,21)/t12-/m0/s1. The van der Waals surface area contributed by atoms with Gasteiger partial charge in [0.05, 0.1) is 0 Å². The van der Waals surface area contributed by atoms with Crippen molar-refractivity contribution in [3.05, 3.63) is 70.7 Å². The number of rotatable bonds is 5. The molecule has 0 saturated heterocycles. The summed E-state index contributed by atoms with van der Waals surface area (Å²) in [5.74, 6) is -0.834. The minimum atomic E-state index is -0.517. The summed E-state index contributed by atoms with van der Waals surface area (Å²) in [6.45, 7) is 1.54. The van der Waals surface area contributed by atoms with Crippen LogP contribution >= 0.6 is 11.6 Å². The first-order valence-corrected chi connectivity index (χ1v) is 7.23. The van der Waals surface area contributed by atoms with Gasteiger partial charge in [0.1, 0.15) is 12.6 Å². The van der Waals surface area contributed by atoms with Gasteiger partial charge < -0.3 is 10.1 Å². The number of amides is 1. The van der Waals surface area contributed by atoms with Crippen LogP contribution in [0.25, 0.3) is 0 Å². The average molecular weight is 318 g/mol. The molecule has 0 aromatic heterocycles. The number of carbonyl (C=O) groups excluding carboxylic acids is 2. The van der Waals surface area contributed by atoms with E-state index in [0.717, 1.165) is 5.56 Å². The number of carbonyl (C=O) groups is 2. The molecule has 22 heavy (non-hydrogen) atoms. The van der Waals surface area contributed by atoms with Crippen molar-refractivity contribution in [2.45, 2.75) is 13.0 Å². The number of ether oxygens (including phenoxy) is 1. The number of halogens is 1. The molecule has 0 unspecified atom stereocenters. The predicted molar refractivity (Wildman–Crippen MR) is 84.7 cm³/mol. The summed E-state index contributed by atoms with van der Waals surface area (Å²) in [6.07, 6.45) is -0.477. The zero-order valence-electron chi connectivity index (χ0n) is 12.1. The molecule has 1 atom stereocenters. The van der Waals surface area contributed by atoms with Crippen molar-refractivity contribution in [1.82, 2.24) is 5.32 Å². The Kier molecular flexibility index (Phi) is 5.55. The lowest BCUT2D eigenvalue weighted by atomic mass is 10.1. The highest BCUT2D eigenvalue weighted by Gasteiger charge is 2.15. The molecule has 0 spiro atoms. The molecule has 0 aliphatic heterocycles. The van der Waals surface area contributed by atoms with E-state index in [4.69, 9.17) is 16.3 Å². The van der Waals surface area contributed by atoms with Gasteiger partial charge in [0.25, 0.3) is 5.91 Å². The molecule has 2 aromatic rings. The molecule has 114 valence electrons. The summed E-state index contributed by atoms with van der Waals surface area (Å²) >= 11 is 6.05. The Balaban J connectivity index is 1.86. The molecule has 4 nitrogen and oxygen atoms in total. The molecule has 0 saturated carbocycles. The van der Waals surface area contributed by atoms with Crippen LogP contribution in [0.4, 0.5) is 0 Å². The molecule has 0 aliphatic rings. The minimum absolute atomic E-state index is 0.192. The lowest BCUT2D eigenvalue weighted by molar-refractivity contribution is -0.147. The summed E-state index contributed by atoms with van der Waals surface area (Å²) in [5, 5.41) is 3.06. The van der Waals surface area contributed by atoms with Gasteiger partial charge >= 0.3 is 5.97 Å². The first-order chi connectivity index (χ1) is 10.6. The highest BCUT2D eigenvalue weighted by atomic mass is 35.5. The maximum absolute atomic E-state index is 11.8. The highest BCUT2D eigenvalue weighted by Crippen LogP contribution is 2.24. The zero-order valence-corrected chi connectivity index (χ0v) is 12.8. The molecule has 0 aliphatic carbocycles. The van der Waals surface area contributed by atoms with Gasteiger partial charge in [-0.2, -0.15) is 0 Å². The van der Waals surface area contributed by atoms with Crippen LogP contribution in [0.3, 0.4) is 0 Å². The second-order valence-electron chi connectivity index (χ2n) is 4.70. The van der Waals surface area contributed by atoms with Crippen molar-refractivity contribution in [2.24, 2.45) is 0 Å². The van der Waals surface area contributed by atoms with E-state index >= 15 is 0 Å². The molecule has 0 bridgehead atoms. The number of hydrogen-bond donors (Lipinski definition) is 1. The van der Waals surface area contributed by atoms with Gasteiger partial charge in [-0.05, 0) is 25.1 Å².